The van der Waals surface area contributed by atoms with Crippen LogP contribution in [-0.2, 0) is 16.5 Å². The Morgan fingerprint density at radius 1 is 1.11 bits per heavy atom. The van der Waals surface area contributed by atoms with Gasteiger partial charge in [-0.05, 0) is 36.2 Å². The van der Waals surface area contributed by atoms with Crippen LogP contribution in [-0.4, -0.2) is 20.1 Å². The van der Waals surface area contributed by atoms with E-state index in [2.05, 4.69) is 0 Å². The minimum atomic E-state index is -4.59. The van der Waals surface area contributed by atoms with Crippen LogP contribution in [0, 0.1) is 10.7 Å². The molecule has 0 aliphatic rings. The molecule has 0 spiro atoms. The van der Waals surface area contributed by atoms with E-state index in [0.717, 1.165) is 21.6 Å². The van der Waals surface area contributed by atoms with Crippen molar-refractivity contribution in [2.45, 2.75) is 18.2 Å². The third-order valence-corrected chi connectivity index (χ3v) is 8.07. The molecule has 0 unspecified atom stereocenters. The van der Waals surface area contributed by atoms with Crippen LogP contribution in [0.15, 0.2) is 47.4 Å². The molecule has 0 aliphatic heterocycles. The monoisotopic (exact) mass is 446 g/mol. The predicted octanol–water partition coefficient (Wildman–Crippen LogP) is 2.02. The zero-order valence-electron chi connectivity index (χ0n) is 15.0. The Balaban J connectivity index is 0.00000261. The molecule has 0 saturated heterocycles. The first-order chi connectivity index (χ1) is 12.3. The van der Waals surface area contributed by atoms with Gasteiger partial charge in [-0.2, -0.15) is 0 Å². The molecule has 0 aliphatic carbocycles. The number of rotatable bonds is 5. The Labute approximate surface area is 193 Å². The molecule has 4 nitrogen and oxygen atoms in total. The van der Waals surface area contributed by atoms with Gasteiger partial charge in [-0.3, -0.25) is 0 Å². The third kappa shape index (κ3) is 5.27. The van der Waals surface area contributed by atoms with Crippen molar-refractivity contribution >= 4 is 43.0 Å². The van der Waals surface area contributed by atoms with Crippen LogP contribution < -0.4 is 34.3 Å². The molecule has 0 amide bonds. The maximum atomic E-state index is 11.6. The van der Waals surface area contributed by atoms with Gasteiger partial charge in [-0.15, -0.1) is 0 Å². The van der Waals surface area contributed by atoms with Crippen molar-refractivity contribution in [3.05, 3.63) is 63.0 Å². The number of benzene rings is 2. The van der Waals surface area contributed by atoms with Gasteiger partial charge in [0.25, 0.3) is 0 Å². The topological polar surface area (TPSA) is 66.4 Å². The van der Waals surface area contributed by atoms with Crippen LogP contribution in [0.2, 0.25) is 0 Å². The van der Waals surface area contributed by atoms with Gasteiger partial charge in [-0.1, -0.05) is 62.7 Å². The quantitative estimate of drug-likeness (QED) is 0.260. The zero-order valence-corrected chi connectivity index (χ0v) is 20.3. The predicted molar refractivity (Wildman–Crippen MR) is 107 cm³/mol. The van der Waals surface area contributed by atoms with E-state index in [1.165, 1.54) is 29.6 Å². The van der Waals surface area contributed by atoms with Crippen LogP contribution in [0.5, 0.6) is 5.75 Å². The van der Waals surface area contributed by atoms with E-state index in [4.69, 9.17) is 17.0 Å². The van der Waals surface area contributed by atoms with Gasteiger partial charge in [-0.25, -0.2) is 8.42 Å². The summed E-state index contributed by atoms with van der Waals surface area (Å²) >= 11 is 5.47. The fraction of sp³-hybridized carbons (Fsp3) is 0.167. The summed E-state index contributed by atoms with van der Waals surface area (Å²) in [6.45, 7) is 2.02. The van der Waals surface area contributed by atoms with Crippen molar-refractivity contribution in [2.24, 2.45) is 0 Å². The van der Waals surface area contributed by atoms with E-state index in [1.54, 1.807) is 16.4 Å². The Kier molecular flexibility index (Phi) is 7.80. The van der Waals surface area contributed by atoms with Gasteiger partial charge in [0.1, 0.15) is 19.7 Å². The number of hydrogen-bond acceptors (Lipinski definition) is 7. The summed E-state index contributed by atoms with van der Waals surface area (Å²) in [5.41, 5.74) is 3.43. The van der Waals surface area contributed by atoms with Crippen LogP contribution in [0.3, 0.4) is 0 Å². The number of ether oxygens (including phenoxy) is 1. The molecule has 3 rings (SSSR count). The average Bonchev–Trinajstić information content (AvgIpc) is 2.95. The van der Waals surface area contributed by atoms with Crippen molar-refractivity contribution in [2.75, 3.05) is 7.11 Å². The smallest absolute Gasteiger partial charge is 0.744 e. The number of hydrogen-bond donors (Lipinski definition) is 0. The number of aryl methyl sites for hydroxylation is 1. The largest absolute Gasteiger partial charge is 1.00 e. The SMILES string of the molecule is COc1ccc(S(=O)(=O)[O-])c(Cc2c(-c3ccc(C)cc3)ssc2=S)c1.[Na+]. The fourth-order valence-electron chi connectivity index (χ4n) is 2.61. The molecule has 27 heavy (non-hydrogen) atoms. The molecule has 1 heterocycles. The first-order valence-electron chi connectivity index (χ1n) is 7.61. The summed E-state index contributed by atoms with van der Waals surface area (Å²) in [6, 6.07) is 12.4. The molecule has 2 aromatic carbocycles. The molecule has 136 valence electrons. The Morgan fingerprint density at radius 2 is 1.78 bits per heavy atom. The first kappa shape index (κ1) is 22.7. The molecule has 0 radical (unpaired) electrons. The van der Waals surface area contributed by atoms with E-state index < -0.39 is 10.1 Å². The van der Waals surface area contributed by atoms with Crippen molar-refractivity contribution in [1.29, 1.82) is 0 Å². The molecule has 1 aromatic heterocycles. The average molecular weight is 447 g/mol. The molecule has 0 N–H and O–H groups in total. The van der Waals surface area contributed by atoms with Gasteiger partial charge >= 0.3 is 29.6 Å². The minimum Gasteiger partial charge on any atom is -0.744 e. The van der Waals surface area contributed by atoms with Gasteiger partial charge in [0.15, 0.2) is 0 Å². The van der Waals surface area contributed by atoms with Crippen LogP contribution in [0.1, 0.15) is 16.7 Å². The second kappa shape index (κ2) is 9.28. The van der Waals surface area contributed by atoms with Crippen molar-refractivity contribution in [3.8, 4) is 16.2 Å². The van der Waals surface area contributed by atoms with Crippen molar-refractivity contribution < 1.29 is 47.3 Å². The van der Waals surface area contributed by atoms with E-state index in [0.29, 0.717) is 15.1 Å². The Morgan fingerprint density at radius 3 is 2.37 bits per heavy atom. The van der Waals surface area contributed by atoms with Crippen LogP contribution >= 0.6 is 32.9 Å². The molecule has 0 atom stereocenters. The van der Waals surface area contributed by atoms with E-state index >= 15 is 0 Å². The van der Waals surface area contributed by atoms with Crippen molar-refractivity contribution in [1.82, 2.24) is 0 Å². The second-order valence-electron chi connectivity index (χ2n) is 5.73. The minimum absolute atomic E-state index is 0. The summed E-state index contributed by atoms with van der Waals surface area (Å²) in [7, 11) is -0.0703. The fourth-order valence-corrected chi connectivity index (χ4v) is 6.21. The van der Waals surface area contributed by atoms with Gasteiger partial charge < -0.3 is 9.29 Å². The van der Waals surface area contributed by atoms with Crippen molar-refractivity contribution in [3.63, 3.8) is 0 Å². The molecular weight excluding hydrogens is 431 g/mol. The number of methoxy groups -OCH3 is 1. The van der Waals surface area contributed by atoms with Gasteiger partial charge in [0.2, 0.25) is 0 Å². The van der Waals surface area contributed by atoms with Gasteiger partial charge in [0, 0.05) is 12.0 Å². The molecule has 0 saturated carbocycles. The summed E-state index contributed by atoms with van der Waals surface area (Å²) in [6.07, 6.45) is 0.260. The summed E-state index contributed by atoms with van der Waals surface area (Å²) in [5.74, 6) is 0.495. The maximum absolute atomic E-state index is 11.6. The molecular formula is C18H15NaO4S4. The van der Waals surface area contributed by atoms with Gasteiger partial charge in [0.05, 0.1) is 16.9 Å². The Hall–Kier alpha value is -0.580. The first-order valence-corrected chi connectivity index (χ1v) is 11.6. The van der Waals surface area contributed by atoms with Crippen LogP contribution in [0.25, 0.3) is 10.4 Å². The van der Waals surface area contributed by atoms with E-state index in [-0.39, 0.29) is 40.9 Å². The second-order valence-corrected chi connectivity index (χ2v) is 9.90. The van der Waals surface area contributed by atoms with E-state index in [9.17, 15) is 13.0 Å². The Bertz CT molecular complexity index is 1100. The molecule has 0 fully saturated rings. The van der Waals surface area contributed by atoms with E-state index in [1.807, 2.05) is 31.2 Å². The normalized spacial score (nSPS) is 11.1. The standard InChI is InChI=1S/C18H16O4S4.Na/c1-11-3-5-12(6-4-11)17-15(18(23)25-24-17)10-13-9-14(22-2)7-8-16(13)26(19,20)21;/h3-9H,10H2,1-2H3,(H,19,20,21);/q;+1/p-1. The molecule has 9 heteroatoms. The molecule has 3 aromatic rings. The third-order valence-electron chi connectivity index (χ3n) is 3.94. The summed E-state index contributed by atoms with van der Waals surface area (Å²) in [4.78, 5) is 0.760. The van der Waals surface area contributed by atoms with Crippen LogP contribution in [0.4, 0.5) is 0 Å². The molecule has 0 bridgehead atoms. The summed E-state index contributed by atoms with van der Waals surface area (Å²) < 4.78 is 40.8. The zero-order chi connectivity index (χ0) is 18.9. The maximum Gasteiger partial charge on any atom is 1.00 e. The summed E-state index contributed by atoms with van der Waals surface area (Å²) in [5, 5.41) is 0.